The highest BCUT2D eigenvalue weighted by molar-refractivity contribution is 7.46. The molecule has 0 saturated carbocycles. The number of aliphatic carboxylic acids is 1. The summed E-state index contributed by atoms with van der Waals surface area (Å²) in [5.74, 6) is -2.67. The van der Waals surface area contributed by atoms with Crippen molar-refractivity contribution in [2.24, 2.45) is 5.73 Å². The van der Waals surface area contributed by atoms with Gasteiger partial charge in [-0.15, -0.1) is 0 Å². The van der Waals surface area contributed by atoms with Crippen LogP contribution in [0.5, 0.6) is 5.75 Å². The van der Waals surface area contributed by atoms with Gasteiger partial charge in [0.05, 0.1) is 9.85 Å². The molecule has 0 fully saturated rings. The SMILES string of the molecule is N[C@@H](Cc1cc([N+](=O)[O-])c(OP(=O)(O)O)c([N+](=O)[O-])c1)C(=O)O. The Balaban J connectivity index is 3.51. The molecule has 1 atom stereocenters. The van der Waals surface area contributed by atoms with Gasteiger partial charge in [0.2, 0.25) is 0 Å². The number of carbonyl (C=O) groups is 1. The molecule has 0 heterocycles. The predicted octanol–water partition coefficient (Wildman–Crippen LogP) is -0.0711. The van der Waals surface area contributed by atoms with Crippen molar-refractivity contribution in [3.8, 4) is 5.75 Å². The Morgan fingerprint density at radius 1 is 1.26 bits per heavy atom. The van der Waals surface area contributed by atoms with Crippen molar-refractivity contribution in [1.29, 1.82) is 0 Å². The maximum atomic E-state index is 11.0. The molecule has 5 N–H and O–H groups in total. The van der Waals surface area contributed by atoms with Gasteiger partial charge in [0.1, 0.15) is 6.04 Å². The molecule has 0 unspecified atom stereocenters. The van der Waals surface area contributed by atoms with Crippen LogP contribution in [0.2, 0.25) is 0 Å². The monoisotopic (exact) mass is 351 g/mol. The van der Waals surface area contributed by atoms with E-state index in [2.05, 4.69) is 4.52 Å². The minimum Gasteiger partial charge on any atom is -0.480 e. The Labute approximate surface area is 126 Å². The zero-order chi connectivity index (χ0) is 17.9. The summed E-state index contributed by atoms with van der Waals surface area (Å²) in [4.78, 5) is 47.7. The number of nitrogens with zero attached hydrogens (tertiary/aromatic N) is 2. The molecule has 0 bridgehead atoms. The lowest BCUT2D eigenvalue weighted by molar-refractivity contribution is -0.395. The van der Waals surface area contributed by atoms with Crippen LogP contribution in [0.15, 0.2) is 12.1 Å². The number of benzene rings is 1. The van der Waals surface area contributed by atoms with Crippen molar-refractivity contribution < 1.29 is 38.6 Å². The second kappa shape index (κ2) is 6.66. The van der Waals surface area contributed by atoms with Gasteiger partial charge < -0.3 is 15.4 Å². The molecule has 0 aliphatic heterocycles. The van der Waals surface area contributed by atoms with Crippen molar-refractivity contribution in [2.75, 3.05) is 0 Å². The van der Waals surface area contributed by atoms with Crippen LogP contribution in [0.25, 0.3) is 0 Å². The standard InChI is InChI=1S/C9H10N3O10P/c10-5(9(13)14)1-4-2-6(11(15)16)8(22-23(19,20)21)7(3-4)12(17)18/h2-3,5H,1,10H2,(H,13,14)(H2,19,20,21)/t5-/m0/s1. The molecule has 0 amide bonds. The zero-order valence-corrected chi connectivity index (χ0v) is 12.0. The molecule has 126 valence electrons. The minimum atomic E-state index is -5.31. The molecule has 13 nitrogen and oxygen atoms in total. The van der Waals surface area contributed by atoms with Crippen molar-refractivity contribution >= 4 is 25.2 Å². The van der Waals surface area contributed by atoms with E-state index in [4.69, 9.17) is 20.6 Å². The smallest absolute Gasteiger partial charge is 0.480 e. The Kier molecular flexibility index (Phi) is 5.34. The number of phosphoric ester groups is 1. The lowest BCUT2D eigenvalue weighted by Crippen LogP contribution is -2.32. The summed E-state index contributed by atoms with van der Waals surface area (Å²) < 4.78 is 14.9. The molecule has 14 heteroatoms. The van der Waals surface area contributed by atoms with Crippen molar-refractivity contribution in [1.82, 2.24) is 0 Å². The largest absolute Gasteiger partial charge is 0.525 e. The summed E-state index contributed by atoms with van der Waals surface area (Å²) in [6, 6.07) is -0.0931. The van der Waals surface area contributed by atoms with Gasteiger partial charge in [-0.2, -0.15) is 0 Å². The van der Waals surface area contributed by atoms with E-state index in [-0.39, 0.29) is 5.56 Å². The first-order chi connectivity index (χ1) is 10.4. The quantitative estimate of drug-likeness (QED) is 0.289. The lowest BCUT2D eigenvalue weighted by atomic mass is 10.0. The maximum Gasteiger partial charge on any atom is 0.525 e. The number of nitro groups is 2. The van der Waals surface area contributed by atoms with Crippen LogP contribution in [0.3, 0.4) is 0 Å². The van der Waals surface area contributed by atoms with Crippen LogP contribution >= 0.6 is 7.82 Å². The van der Waals surface area contributed by atoms with E-state index in [0.717, 1.165) is 0 Å². The molecule has 1 rings (SSSR count). The molecule has 0 saturated heterocycles. The van der Waals surface area contributed by atoms with Gasteiger partial charge in [0.25, 0.3) is 5.75 Å². The number of hydrogen-bond donors (Lipinski definition) is 4. The third-order valence-electron chi connectivity index (χ3n) is 2.49. The highest BCUT2D eigenvalue weighted by Gasteiger charge is 2.34. The van der Waals surface area contributed by atoms with Crippen LogP contribution in [0.4, 0.5) is 11.4 Å². The fourth-order valence-electron chi connectivity index (χ4n) is 1.60. The first-order valence-corrected chi connectivity index (χ1v) is 7.14. The van der Waals surface area contributed by atoms with Gasteiger partial charge in [-0.1, -0.05) is 0 Å². The first kappa shape index (κ1) is 18.4. The molecular weight excluding hydrogens is 341 g/mol. The fraction of sp³-hybridized carbons (Fsp3) is 0.222. The minimum absolute atomic E-state index is 0.184. The number of phosphoric acid groups is 1. The van der Waals surface area contributed by atoms with Crippen molar-refractivity contribution in [3.05, 3.63) is 37.9 Å². The highest BCUT2D eigenvalue weighted by atomic mass is 31.2. The third-order valence-corrected chi connectivity index (χ3v) is 2.91. The van der Waals surface area contributed by atoms with Gasteiger partial charge in [-0.25, -0.2) is 4.57 Å². The number of nitro benzene ring substituents is 2. The van der Waals surface area contributed by atoms with E-state index >= 15 is 0 Å². The summed E-state index contributed by atoms with van der Waals surface area (Å²) >= 11 is 0. The number of carboxylic acids is 1. The average molecular weight is 351 g/mol. The van der Waals surface area contributed by atoms with Crippen LogP contribution in [-0.2, 0) is 15.8 Å². The van der Waals surface area contributed by atoms with E-state index < -0.39 is 53.2 Å². The molecule has 1 aromatic rings. The van der Waals surface area contributed by atoms with Crippen molar-refractivity contribution in [3.63, 3.8) is 0 Å². The van der Waals surface area contributed by atoms with Gasteiger partial charge in [0, 0.05) is 12.1 Å². The Hall–Kier alpha value is -2.60. The van der Waals surface area contributed by atoms with Crippen LogP contribution in [0, 0.1) is 20.2 Å². The Morgan fingerprint density at radius 3 is 2.00 bits per heavy atom. The van der Waals surface area contributed by atoms with E-state index in [1.165, 1.54) is 0 Å². The van der Waals surface area contributed by atoms with Crippen LogP contribution < -0.4 is 10.3 Å². The fourth-order valence-corrected chi connectivity index (χ4v) is 2.02. The Bertz CT molecular complexity index is 679. The molecule has 0 aromatic heterocycles. The summed E-state index contributed by atoms with van der Waals surface area (Å²) in [6.45, 7) is 0. The molecule has 0 aliphatic carbocycles. The molecule has 0 spiro atoms. The topological polar surface area (TPSA) is 216 Å². The Morgan fingerprint density at radius 2 is 1.70 bits per heavy atom. The lowest BCUT2D eigenvalue weighted by Gasteiger charge is -2.10. The van der Waals surface area contributed by atoms with Gasteiger partial charge in [-0.05, 0) is 12.0 Å². The summed E-state index contributed by atoms with van der Waals surface area (Å²) in [5, 5.41) is 30.6. The molecule has 23 heavy (non-hydrogen) atoms. The highest BCUT2D eigenvalue weighted by Crippen LogP contribution is 2.47. The second-order valence-electron chi connectivity index (χ2n) is 4.21. The summed E-state index contributed by atoms with van der Waals surface area (Å²) in [6.07, 6.45) is -0.479. The molecule has 0 radical (unpaired) electrons. The second-order valence-corrected chi connectivity index (χ2v) is 5.37. The summed E-state index contributed by atoms with van der Waals surface area (Å²) in [5.41, 5.74) is 2.86. The number of nitrogens with two attached hydrogens (primary N) is 1. The van der Waals surface area contributed by atoms with E-state index in [0.29, 0.717) is 12.1 Å². The predicted molar refractivity (Wildman–Crippen MR) is 71.7 cm³/mol. The number of hydrogen-bond acceptors (Lipinski definition) is 8. The van der Waals surface area contributed by atoms with Crippen LogP contribution in [-0.4, -0.2) is 36.8 Å². The van der Waals surface area contributed by atoms with E-state index in [1.54, 1.807) is 0 Å². The van der Waals surface area contributed by atoms with E-state index in [1.807, 2.05) is 0 Å². The maximum absolute atomic E-state index is 11.0. The number of carboxylic acid groups (broad SMARTS) is 1. The first-order valence-electron chi connectivity index (χ1n) is 5.61. The van der Waals surface area contributed by atoms with Gasteiger partial charge >= 0.3 is 25.2 Å². The molecule has 1 aromatic carbocycles. The van der Waals surface area contributed by atoms with Crippen molar-refractivity contribution in [2.45, 2.75) is 12.5 Å². The average Bonchev–Trinajstić information content (AvgIpc) is 2.37. The van der Waals surface area contributed by atoms with Gasteiger partial charge in [0.15, 0.2) is 0 Å². The number of rotatable bonds is 7. The molecular formula is C9H10N3O10P. The van der Waals surface area contributed by atoms with Gasteiger partial charge in [-0.3, -0.25) is 34.8 Å². The zero-order valence-electron chi connectivity index (χ0n) is 11.1. The summed E-state index contributed by atoms with van der Waals surface area (Å²) in [7, 11) is -5.31. The third kappa shape index (κ3) is 4.96. The van der Waals surface area contributed by atoms with E-state index in [9.17, 15) is 29.6 Å². The normalized spacial score (nSPS) is 12.5. The van der Waals surface area contributed by atoms with Crippen LogP contribution in [0.1, 0.15) is 5.56 Å². The molecule has 0 aliphatic rings.